The van der Waals surface area contributed by atoms with Crippen LogP contribution < -0.4 is 16.4 Å². The Morgan fingerprint density at radius 3 is 2.25 bits per heavy atom. The van der Waals surface area contributed by atoms with E-state index in [0.717, 1.165) is 5.56 Å². The molecule has 0 spiro atoms. The first kappa shape index (κ1) is 13.1. The fourth-order valence-corrected chi connectivity index (χ4v) is 1.67. The number of nitrogens with zero attached hydrogens (tertiary/aromatic N) is 2. The zero-order chi connectivity index (χ0) is 14.7. The standard InChI is InChI=1S/C13H9N5O2/c1-7-2-10-11(18-13(20)12(19)17-10)3-9(7)16-6-8(4-14)5-15/h2-3,6,16H,1H3,(H,17,19)(H,18,20). The van der Waals surface area contributed by atoms with E-state index in [0.29, 0.717) is 16.7 Å². The molecule has 0 fully saturated rings. The van der Waals surface area contributed by atoms with Crippen molar-refractivity contribution in [3.63, 3.8) is 0 Å². The van der Waals surface area contributed by atoms with Gasteiger partial charge in [-0.1, -0.05) is 0 Å². The van der Waals surface area contributed by atoms with Gasteiger partial charge in [0.25, 0.3) is 0 Å². The van der Waals surface area contributed by atoms with Gasteiger partial charge in [0.15, 0.2) is 0 Å². The van der Waals surface area contributed by atoms with Crippen molar-refractivity contribution in [1.29, 1.82) is 10.5 Å². The molecule has 20 heavy (non-hydrogen) atoms. The van der Waals surface area contributed by atoms with Crippen LogP contribution in [0.5, 0.6) is 0 Å². The highest BCUT2D eigenvalue weighted by molar-refractivity contribution is 5.80. The Kier molecular flexibility index (Phi) is 3.36. The Morgan fingerprint density at radius 2 is 1.70 bits per heavy atom. The summed E-state index contributed by atoms with van der Waals surface area (Å²) < 4.78 is 0. The average Bonchev–Trinajstić information content (AvgIpc) is 2.42. The van der Waals surface area contributed by atoms with Gasteiger partial charge in [-0.05, 0) is 24.6 Å². The number of hydrogen-bond acceptors (Lipinski definition) is 5. The number of fused-ring (bicyclic) bond motifs is 1. The van der Waals surface area contributed by atoms with Gasteiger partial charge in [-0.25, -0.2) is 0 Å². The summed E-state index contributed by atoms with van der Waals surface area (Å²) in [6.45, 7) is 1.79. The van der Waals surface area contributed by atoms with Gasteiger partial charge < -0.3 is 15.3 Å². The van der Waals surface area contributed by atoms with Crippen LogP contribution >= 0.6 is 0 Å². The summed E-state index contributed by atoms with van der Waals surface area (Å²) in [6.07, 6.45) is 1.28. The van der Waals surface area contributed by atoms with Gasteiger partial charge in [0.2, 0.25) is 0 Å². The van der Waals surface area contributed by atoms with E-state index in [1.54, 1.807) is 31.2 Å². The summed E-state index contributed by atoms with van der Waals surface area (Å²) in [4.78, 5) is 27.4. The van der Waals surface area contributed by atoms with Crippen LogP contribution in [0.15, 0.2) is 33.5 Å². The number of nitrogens with one attached hydrogen (secondary N) is 3. The molecule has 0 unspecified atom stereocenters. The molecule has 0 saturated heterocycles. The van der Waals surface area contributed by atoms with Crippen molar-refractivity contribution < 1.29 is 0 Å². The lowest BCUT2D eigenvalue weighted by molar-refractivity contribution is 1.14. The molecule has 1 aromatic heterocycles. The van der Waals surface area contributed by atoms with Crippen molar-refractivity contribution in [3.8, 4) is 12.1 Å². The van der Waals surface area contributed by atoms with Crippen molar-refractivity contribution >= 4 is 16.7 Å². The summed E-state index contributed by atoms with van der Waals surface area (Å²) in [6, 6.07) is 6.75. The fraction of sp³-hybridized carbons (Fsp3) is 0.0769. The van der Waals surface area contributed by atoms with Crippen LogP contribution in [0.3, 0.4) is 0 Å². The van der Waals surface area contributed by atoms with E-state index in [4.69, 9.17) is 10.5 Å². The summed E-state index contributed by atoms with van der Waals surface area (Å²) in [7, 11) is 0. The minimum Gasteiger partial charge on any atom is -0.360 e. The van der Waals surface area contributed by atoms with Gasteiger partial charge in [0, 0.05) is 11.9 Å². The van der Waals surface area contributed by atoms with Crippen molar-refractivity contribution in [2.24, 2.45) is 0 Å². The second kappa shape index (κ2) is 5.12. The Hall–Kier alpha value is -3.32. The summed E-state index contributed by atoms with van der Waals surface area (Å²) in [5, 5.41) is 20.1. The third-order valence-corrected chi connectivity index (χ3v) is 2.68. The number of benzene rings is 1. The van der Waals surface area contributed by atoms with Crippen LogP contribution in [-0.4, -0.2) is 9.97 Å². The van der Waals surface area contributed by atoms with Crippen LogP contribution in [0, 0.1) is 29.6 Å². The Balaban J connectivity index is 2.54. The predicted molar refractivity (Wildman–Crippen MR) is 72.9 cm³/mol. The smallest absolute Gasteiger partial charge is 0.314 e. The minimum atomic E-state index is -0.738. The van der Waals surface area contributed by atoms with Crippen LogP contribution in [-0.2, 0) is 0 Å². The number of aryl methyl sites for hydroxylation is 1. The minimum absolute atomic E-state index is 0.0699. The monoisotopic (exact) mass is 267 g/mol. The normalized spacial score (nSPS) is 9.55. The molecule has 0 bridgehead atoms. The van der Waals surface area contributed by atoms with Crippen molar-refractivity contribution in [3.05, 3.63) is 50.2 Å². The van der Waals surface area contributed by atoms with Crippen LogP contribution in [0.25, 0.3) is 11.0 Å². The molecular formula is C13H9N5O2. The Labute approximate surface area is 112 Å². The van der Waals surface area contributed by atoms with Gasteiger partial charge in [-0.15, -0.1) is 0 Å². The zero-order valence-electron chi connectivity index (χ0n) is 10.4. The number of aromatic amines is 2. The lowest BCUT2D eigenvalue weighted by Gasteiger charge is -2.07. The molecule has 7 heteroatoms. The second-order valence-electron chi connectivity index (χ2n) is 4.05. The summed E-state index contributed by atoms with van der Waals surface area (Å²) in [5.41, 5.74) is 0.828. The molecule has 0 atom stereocenters. The molecule has 2 aromatic rings. The first-order valence-corrected chi connectivity index (χ1v) is 5.59. The summed E-state index contributed by atoms with van der Waals surface area (Å²) >= 11 is 0. The molecule has 3 N–H and O–H groups in total. The Bertz CT molecular complexity index is 889. The van der Waals surface area contributed by atoms with E-state index in [-0.39, 0.29) is 5.57 Å². The number of allylic oxidation sites excluding steroid dienone is 1. The lowest BCUT2D eigenvalue weighted by atomic mass is 10.1. The van der Waals surface area contributed by atoms with E-state index in [9.17, 15) is 9.59 Å². The molecule has 0 aliphatic rings. The third-order valence-electron chi connectivity index (χ3n) is 2.68. The Morgan fingerprint density at radius 1 is 1.15 bits per heavy atom. The van der Waals surface area contributed by atoms with Gasteiger partial charge in [0.1, 0.15) is 17.7 Å². The van der Waals surface area contributed by atoms with Crippen molar-refractivity contribution in [2.75, 3.05) is 5.32 Å². The van der Waals surface area contributed by atoms with Crippen molar-refractivity contribution in [1.82, 2.24) is 9.97 Å². The predicted octanol–water partition coefficient (Wildman–Crippen LogP) is 0.868. The highest BCUT2D eigenvalue weighted by Gasteiger charge is 2.04. The summed E-state index contributed by atoms with van der Waals surface area (Å²) in [5.74, 6) is 0. The second-order valence-corrected chi connectivity index (χ2v) is 4.05. The van der Waals surface area contributed by atoms with Gasteiger partial charge in [-0.2, -0.15) is 10.5 Å². The number of hydrogen-bond donors (Lipinski definition) is 3. The molecule has 7 nitrogen and oxygen atoms in total. The molecule has 0 radical (unpaired) electrons. The highest BCUT2D eigenvalue weighted by Crippen LogP contribution is 2.19. The molecule has 0 saturated carbocycles. The van der Waals surface area contributed by atoms with E-state index >= 15 is 0 Å². The van der Waals surface area contributed by atoms with Crippen molar-refractivity contribution in [2.45, 2.75) is 6.92 Å². The maximum absolute atomic E-state index is 11.3. The van der Waals surface area contributed by atoms with Crippen LogP contribution in [0.1, 0.15) is 5.56 Å². The molecule has 1 aromatic carbocycles. The number of H-pyrrole nitrogens is 2. The largest absolute Gasteiger partial charge is 0.360 e. The average molecular weight is 267 g/mol. The third kappa shape index (κ3) is 2.42. The maximum atomic E-state index is 11.3. The van der Waals surface area contributed by atoms with E-state index in [2.05, 4.69) is 15.3 Å². The van der Waals surface area contributed by atoms with Gasteiger partial charge in [0.05, 0.1) is 11.0 Å². The first-order chi connectivity index (χ1) is 9.55. The van der Waals surface area contributed by atoms with E-state index < -0.39 is 11.1 Å². The molecule has 0 aliphatic heterocycles. The molecule has 0 aliphatic carbocycles. The van der Waals surface area contributed by atoms with Gasteiger partial charge in [-0.3, -0.25) is 9.59 Å². The fourth-order valence-electron chi connectivity index (χ4n) is 1.67. The van der Waals surface area contributed by atoms with E-state index in [1.165, 1.54) is 6.20 Å². The molecule has 0 amide bonds. The number of anilines is 1. The topological polar surface area (TPSA) is 125 Å². The maximum Gasteiger partial charge on any atom is 0.314 e. The number of aromatic nitrogens is 2. The molecule has 98 valence electrons. The van der Waals surface area contributed by atoms with Crippen LogP contribution in [0.2, 0.25) is 0 Å². The zero-order valence-corrected chi connectivity index (χ0v) is 10.4. The van der Waals surface area contributed by atoms with E-state index in [1.807, 2.05) is 0 Å². The first-order valence-electron chi connectivity index (χ1n) is 5.59. The van der Waals surface area contributed by atoms with Gasteiger partial charge >= 0.3 is 11.1 Å². The molecule has 2 rings (SSSR count). The number of rotatable bonds is 2. The quantitative estimate of drug-likeness (QED) is 0.549. The highest BCUT2D eigenvalue weighted by atomic mass is 16.2. The van der Waals surface area contributed by atoms with Crippen LogP contribution in [0.4, 0.5) is 5.69 Å². The molecular weight excluding hydrogens is 258 g/mol. The SMILES string of the molecule is Cc1cc2[nH]c(=O)c(=O)[nH]c2cc1NC=C(C#N)C#N. The molecule has 1 heterocycles. The number of nitriles is 2. The lowest BCUT2D eigenvalue weighted by Crippen LogP contribution is -2.28.